The summed E-state index contributed by atoms with van der Waals surface area (Å²) in [5, 5.41) is 0. The number of pyridine rings is 1. The smallest absolute Gasteiger partial charge is 0.308 e. The molecule has 0 aliphatic carbocycles. The van der Waals surface area contributed by atoms with Gasteiger partial charge in [-0.1, -0.05) is 12.1 Å². The van der Waals surface area contributed by atoms with Crippen molar-refractivity contribution in [2.75, 3.05) is 7.11 Å². The number of carbonyl (C=O) groups excluding carboxylic acids is 1. The van der Waals surface area contributed by atoms with Crippen LogP contribution in [0.1, 0.15) is 6.92 Å². The summed E-state index contributed by atoms with van der Waals surface area (Å²) in [5.74, 6) is 0.510. The van der Waals surface area contributed by atoms with E-state index in [2.05, 4.69) is 4.98 Å². The monoisotopic (exact) mass is 243 g/mol. The van der Waals surface area contributed by atoms with E-state index in [-0.39, 0.29) is 0 Å². The van der Waals surface area contributed by atoms with Gasteiger partial charge in [0.2, 0.25) is 0 Å². The van der Waals surface area contributed by atoms with Gasteiger partial charge in [0.1, 0.15) is 0 Å². The Morgan fingerprint density at radius 1 is 1.17 bits per heavy atom. The number of benzene rings is 1. The minimum atomic E-state index is -0.392. The molecule has 92 valence electrons. The van der Waals surface area contributed by atoms with Crippen LogP contribution in [0.15, 0.2) is 42.6 Å². The predicted molar refractivity (Wildman–Crippen MR) is 67.5 cm³/mol. The second-order valence-electron chi connectivity index (χ2n) is 3.65. The van der Waals surface area contributed by atoms with Crippen molar-refractivity contribution in [1.29, 1.82) is 0 Å². The van der Waals surface area contributed by atoms with E-state index in [1.54, 1.807) is 12.3 Å². The number of rotatable bonds is 3. The number of hydrogen-bond donors (Lipinski definition) is 0. The average Bonchev–Trinajstić information content (AvgIpc) is 2.39. The number of para-hydroxylation sites is 1. The maximum Gasteiger partial charge on any atom is 0.308 e. The first kappa shape index (κ1) is 12.1. The lowest BCUT2D eigenvalue weighted by atomic mass is 10.1. The number of ether oxygens (including phenoxy) is 2. The highest BCUT2D eigenvalue weighted by Gasteiger charge is 2.14. The van der Waals surface area contributed by atoms with E-state index in [1.165, 1.54) is 14.0 Å². The van der Waals surface area contributed by atoms with Gasteiger partial charge in [-0.05, 0) is 24.3 Å². The fourth-order valence-electron chi connectivity index (χ4n) is 1.65. The predicted octanol–water partition coefficient (Wildman–Crippen LogP) is 2.68. The minimum absolute atomic E-state index is 0.392. The van der Waals surface area contributed by atoms with E-state index >= 15 is 0 Å². The van der Waals surface area contributed by atoms with Gasteiger partial charge in [-0.3, -0.25) is 9.78 Å². The van der Waals surface area contributed by atoms with Gasteiger partial charge in [-0.25, -0.2) is 0 Å². The van der Waals surface area contributed by atoms with Gasteiger partial charge in [0, 0.05) is 18.7 Å². The molecule has 0 aliphatic rings. The second kappa shape index (κ2) is 5.31. The van der Waals surface area contributed by atoms with Crippen LogP contribution in [-0.4, -0.2) is 18.1 Å². The summed E-state index contributed by atoms with van der Waals surface area (Å²) in [4.78, 5) is 15.4. The lowest BCUT2D eigenvalue weighted by Crippen LogP contribution is -2.04. The van der Waals surface area contributed by atoms with Crippen molar-refractivity contribution in [2.45, 2.75) is 6.92 Å². The molecule has 0 radical (unpaired) electrons. The second-order valence-corrected chi connectivity index (χ2v) is 3.65. The molecule has 1 heterocycles. The summed E-state index contributed by atoms with van der Waals surface area (Å²) in [6.45, 7) is 1.36. The summed E-state index contributed by atoms with van der Waals surface area (Å²) >= 11 is 0. The molecule has 0 bridgehead atoms. The number of carbonyl (C=O) groups is 1. The van der Waals surface area contributed by atoms with Crippen molar-refractivity contribution >= 4 is 5.97 Å². The zero-order valence-corrected chi connectivity index (χ0v) is 10.2. The van der Waals surface area contributed by atoms with Crippen LogP contribution < -0.4 is 9.47 Å². The van der Waals surface area contributed by atoms with E-state index < -0.39 is 5.97 Å². The lowest BCUT2D eigenvalue weighted by Gasteiger charge is -2.12. The minimum Gasteiger partial charge on any atom is -0.493 e. The molecule has 1 aromatic heterocycles. The summed E-state index contributed by atoms with van der Waals surface area (Å²) in [5.41, 5.74) is 1.46. The molecule has 2 rings (SSSR count). The lowest BCUT2D eigenvalue weighted by molar-refractivity contribution is -0.131. The molecule has 0 spiro atoms. The Kier molecular flexibility index (Phi) is 3.57. The molecular formula is C14H13NO3. The standard InChI is InChI=1S/C14H13NO3/c1-10(16)18-14-11(6-5-8-13(14)17-2)12-7-3-4-9-15-12/h3-9H,1-2H3. The van der Waals surface area contributed by atoms with Crippen LogP contribution in [0.3, 0.4) is 0 Å². The van der Waals surface area contributed by atoms with Gasteiger partial charge in [0.15, 0.2) is 11.5 Å². The number of esters is 1. The molecule has 0 N–H and O–H groups in total. The van der Waals surface area contributed by atoms with Crippen LogP contribution in [0.4, 0.5) is 0 Å². The van der Waals surface area contributed by atoms with Crippen molar-refractivity contribution in [3.8, 4) is 22.8 Å². The molecule has 0 unspecified atom stereocenters. The van der Waals surface area contributed by atoms with Crippen LogP contribution >= 0.6 is 0 Å². The molecule has 0 saturated carbocycles. The Labute approximate surface area is 105 Å². The molecule has 0 atom stereocenters. The molecule has 0 aliphatic heterocycles. The van der Waals surface area contributed by atoms with Crippen LogP contribution in [-0.2, 0) is 4.79 Å². The van der Waals surface area contributed by atoms with Crippen molar-refractivity contribution < 1.29 is 14.3 Å². The summed E-state index contributed by atoms with van der Waals surface area (Å²) in [6.07, 6.45) is 1.69. The third kappa shape index (κ3) is 2.48. The molecule has 4 nitrogen and oxygen atoms in total. The third-order valence-corrected chi connectivity index (χ3v) is 2.39. The fraction of sp³-hybridized carbons (Fsp3) is 0.143. The Morgan fingerprint density at radius 3 is 2.61 bits per heavy atom. The molecule has 0 saturated heterocycles. The van der Waals surface area contributed by atoms with Gasteiger partial charge >= 0.3 is 5.97 Å². The number of hydrogen-bond acceptors (Lipinski definition) is 4. The zero-order valence-electron chi connectivity index (χ0n) is 10.2. The Balaban J connectivity index is 2.56. The van der Waals surface area contributed by atoms with Gasteiger partial charge in [0.05, 0.1) is 12.8 Å². The average molecular weight is 243 g/mol. The quantitative estimate of drug-likeness (QED) is 0.614. The van der Waals surface area contributed by atoms with Crippen LogP contribution in [0, 0.1) is 0 Å². The summed E-state index contributed by atoms with van der Waals surface area (Å²) in [7, 11) is 1.53. The first-order valence-electron chi connectivity index (χ1n) is 5.49. The summed E-state index contributed by atoms with van der Waals surface area (Å²) in [6, 6.07) is 11.0. The van der Waals surface area contributed by atoms with Gasteiger partial charge in [-0.15, -0.1) is 0 Å². The number of nitrogens with zero attached hydrogens (tertiary/aromatic N) is 1. The summed E-state index contributed by atoms with van der Waals surface area (Å²) < 4.78 is 10.4. The van der Waals surface area contributed by atoms with E-state index in [4.69, 9.17) is 9.47 Å². The molecule has 18 heavy (non-hydrogen) atoms. The van der Waals surface area contributed by atoms with E-state index in [9.17, 15) is 4.79 Å². The van der Waals surface area contributed by atoms with Gasteiger partial charge < -0.3 is 9.47 Å². The first-order chi connectivity index (χ1) is 8.72. The molecule has 2 aromatic rings. The Hall–Kier alpha value is -2.36. The largest absolute Gasteiger partial charge is 0.493 e. The maximum atomic E-state index is 11.2. The highest BCUT2D eigenvalue weighted by Crippen LogP contribution is 2.37. The molecule has 1 aromatic carbocycles. The SMILES string of the molecule is COc1cccc(-c2ccccn2)c1OC(C)=O. The number of methoxy groups -OCH3 is 1. The Bertz CT molecular complexity index is 552. The fourth-order valence-corrected chi connectivity index (χ4v) is 1.65. The van der Waals surface area contributed by atoms with Gasteiger partial charge in [0.25, 0.3) is 0 Å². The van der Waals surface area contributed by atoms with Crippen LogP contribution in [0.5, 0.6) is 11.5 Å². The zero-order chi connectivity index (χ0) is 13.0. The maximum absolute atomic E-state index is 11.2. The normalized spacial score (nSPS) is 9.89. The highest BCUT2D eigenvalue weighted by molar-refractivity contribution is 5.77. The molecule has 0 fully saturated rings. The molecule has 0 amide bonds. The third-order valence-electron chi connectivity index (χ3n) is 2.39. The van der Waals surface area contributed by atoms with Gasteiger partial charge in [-0.2, -0.15) is 0 Å². The van der Waals surface area contributed by atoms with E-state index in [0.717, 1.165) is 11.3 Å². The van der Waals surface area contributed by atoms with E-state index in [1.807, 2.05) is 30.3 Å². The Morgan fingerprint density at radius 2 is 2.00 bits per heavy atom. The number of aromatic nitrogens is 1. The van der Waals surface area contributed by atoms with E-state index in [0.29, 0.717) is 11.5 Å². The van der Waals surface area contributed by atoms with Crippen LogP contribution in [0.2, 0.25) is 0 Å². The van der Waals surface area contributed by atoms with Crippen molar-refractivity contribution in [3.63, 3.8) is 0 Å². The molecule has 4 heteroatoms. The van der Waals surface area contributed by atoms with Crippen molar-refractivity contribution in [1.82, 2.24) is 4.98 Å². The van der Waals surface area contributed by atoms with Crippen LogP contribution in [0.25, 0.3) is 11.3 Å². The first-order valence-corrected chi connectivity index (χ1v) is 5.49. The van der Waals surface area contributed by atoms with Crippen molar-refractivity contribution in [2.24, 2.45) is 0 Å². The highest BCUT2D eigenvalue weighted by atomic mass is 16.6. The topological polar surface area (TPSA) is 48.4 Å². The van der Waals surface area contributed by atoms with Crippen molar-refractivity contribution in [3.05, 3.63) is 42.6 Å². The molecular weight excluding hydrogens is 230 g/mol.